The molecular weight excluding hydrogens is 280 g/mol. The Morgan fingerprint density at radius 3 is 2.64 bits per heavy atom. The molecule has 0 spiro atoms. The Balaban J connectivity index is 1.60. The van der Waals surface area contributed by atoms with E-state index in [0.717, 1.165) is 6.42 Å². The van der Waals surface area contributed by atoms with Gasteiger partial charge in [-0.15, -0.1) is 0 Å². The summed E-state index contributed by atoms with van der Waals surface area (Å²) in [6, 6.07) is 9.02. The minimum Gasteiger partial charge on any atom is -0.396 e. The average Bonchev–Trinajstić information content (AvgIpc) is 2.99. The third-order valence-electron chi connectivity index (χ3n) is 3.66. The first-order valence-electron chi connectivity index (χ1n) is 7.61. The molecule has 2 rings (SSSR count). The monoisotopic (exact) mass is 302 g/mol. The van der Waals surface area contributed by atoms with Crippen molar-refractivity contribution in [1.29, 1.82) is 0 Å². The van der Waals surface area contributed by atoms with Gasteiger partial charge in [0, 0.05) is 37.1 Å². The zero-order valence-electron chi connectivity index (χ0n) is 12.5. The Morgan fingerprint density at radius 2 is 1.95 bits per heavy atom. The van der Waals surface area contributed by atoms with Gasteiger partial charge in [-0.3, -0.25) is 9.59 Å². The first kappa shape index (κ1) is 16.2. The molecule has 5 heteroatoms. The topological polar surface area (TPSA) is 78.4 Å². The van der Waals surface area contributed by atoms with Crippen molar-refractivity contribution in [3.05, 3.63) is 48.0 Å². The van der Waals surface area contributed by atoms with Crippen molar-refractivity contribution < 1.29 is 14.7 Å². The lowest BCUT2D eigenvalue weighted by Gasteiger charge is -2.12. The quantitative estimate of drug-likeness (QED) is 0.524. The summed E-state index contributed by atoms with van der Waals surface area (Å²) in [4.78, 5) is 23.6. The first-order chi connectivity index (χ1) is 10.7. The highest BCUT2D eigenvalue weighted by atomic mass is 16.3. The SMILES string of the molecule is O=C(CCCNC(=O)c1ccccc1)N[C@@H]1C=C[C@H](CO)C1. The van der Waals surface area contributed by atoms with Crippen LogP contribution in [0.3, 0.4) is 0 Å². The fourth-order valence-corrected chi connectivity index (χ4v) is 2.44. The van der Waals surface area contributed by atoms with E-state index in [1.54, 1.807) is 12.1 Å². The van der Waals surface area contributed by atoms with Gasteiger partial charge < -0.3 is 15.7 Å². The van der Waals surface area contributed by atoms with Gasteiger partial charge in [-0.05, 0) is 25.0 Å². The maximum Gasteiger partial charge on any atom is 0.251 e. The molecule has 0 saturated carbocycles. The highest BCUT2D eigenvalue weighted by molar-refractivity contribution is 5.94. The van der Waals surface area contributed by atoms with Crippen LogP contribution in [0.5, 0.6) is 0 Å². The van der Waals surface area contributed by atoms with E-state index in [2.05, 4.69) is 10.6 Å². The predicted octanol–water partition coefficient (Wildman–Crippen LogP) is 1.25. The summed E-state index contributed by atoms with van der Waals surface area (Å²) in [5.41, 5.74) is 0.623. The van der Waals surface area contributed by atoms with Gasteiger partial charge >= 0.3 is 0 Å². The van der Waals surface area contributed by atoms with Crippen LogP contribution in [-0.2, 0) is 4.79 Å². The molecule has 0 bridgehead atoms. The molecule has 1 aromatic rings. The second-order valence-electron chi connectivity index (χ2n) is 5.46. The van der Waals surface area contributed by atoms with Crippen LogP contribution in [0.1, 0.15) is 29.6 Å². The molecule has 3 N–H and O–H groups in total. The van der Waals surface area contributed by atoms with Crippen LogP contribution >= 0.6 is 0 Å². The van der Waals surface area contributed by atoms with E-state index in [1.807, 2.05) is 30.4 Å². The summed E-state index contributed by atoms with van der Waals surface area (Å²) in [6.07, 6.45) is 5.60. The zero-order chi connectivity index (χ0) is 15.8. The van der Waals surface area contributed by atoms with Crippen LogP contribution in [0.25, 0.3) is 0 Å². The van der Waals surface area contributed by atoms with Gasteiger partial charge in [0.1, 0.15) is 0 Å². The van der Waals surface area contributed by atoms with Crippen molar-refractivity contribution >= 4 is 11.8 Å². The lowest BCUT2D eigenvalue weighted by atomic mass is 10.1. The van der Waals surface area contributed by atoms with Crippen molar-refractivity contribution in [1.82, 2.24) is 10.6 Å². The van der Waals surface area contributed by atoms with Crippen molar-refractivity contribution in [3.63, 3.8) is 0 Å². The normalized spacial score (nSPS) is 19.9. The van der Waals surface area contributed by atoms with Crippen molar-refractivity contribution in [3.8, 4) is 0 Å². The van der Waals surface area contributed by atoms with E-state index in [4.69, 9.17) is 5.11 Å². The van der Waals surface area contributed by atoms with Crippen LogP contribution in [0.2, 0.25) is 0 Å². The Morgan fingerprint density at radius 1 is 1.18 bits per heavy atom. The number of rotatable bonds is 7. The standard InChI is InChI=1S/C17H22N2O3/c20-12-13-8-9-15(11-13)19-16(21)7-4-10-18-17(22)14-5-2-1-3-6-14/h1-3,5-6,8-9,13,15,20H,4,7,10-12H2,(H,18,22)(H,19,21)/t13-,15+/m0/s1. The number of carbonyl (C=O) groups is 2. The molecule has 118 valence electrons. The molecule has 1 aromatic carbocycles. The third kappa shape index (κ3) is 5.00. The maximum absolute atomic E-state index is 11.8. The van der Waals surface area contributed by atoms with Gasteiger partial charge in [-0.1, -0.05) is 30.4 Å². The molecule has 0 unspecified atom stereocenters. The third-order valence-corrected chi connectivity index (χ3v) is 3.66. The Kier molecular flexibility index (Phi) is 6.15. The first-order valence-corrected chi connectivity index (χ1v) is 7.61. The largest absolute Gasteiger partial charge is 0.396 e. The summed E-state index contributed by atoms with van der Waals surface area (Å²) in [6.45, 7) is 0.593. The van der Waals surface area contributed by atoms with E-state index in [0.29, 0.717) is 24.9 Å². The summed E-state index contributed by atoms with van der Waals surface area (Å²) < 4.78 is 0. The summed E-state index contributed by atoms with van der Waals surface area (Å²) in [5, 5.41) is 14.7. The van der Waals surface area contributed by atoms with E-state index in [9.17, 15) is 9.59 Å². The highest BCUT2D eigenvalue weighted by Crippen LogP contribution is 2.16. The van der Waals surface area contributed by atoms with Crippen LogP contribution in [-0.4, -0.2) is 36.1 Å². The number of aliphatic hydroxyl groups is 1. The molecule has 2 amide bonds. The van der Waals surface area contributed by atoms with Gasteiger partial charge in [-0.2, -0.15) is 0 Å². The number of hydrogen-bond donors (Lipinski definition) is 3. The van der Waals surface area contributed by atoms with Crippen LogP contribution in [0.15, 0.2) is 42.5 Å². The highest BCUT2D eigenvalue weighted by Gasteiger charge is 2.19. The lowest BCUT2D eigenvalue weighted by Crippen LogP contribution is -2.33. The fourth-order valence-electron chi connectivity index (χ4n) is 2.44. The minimum atomic E-state index is -0.120. The number of nitrogens with one attached hydrogen (secondary N) is 2. The van der Waals surface area contributed by atoms with Crippen LogP contribution in [0, 0.1) is 5.92 Å². The smallest absolute Gasteiger partial charge is 0.251 e. The van der Waals surface area contributed by atoms with Crippen molar-refractivity contribution in [2.45, 2.75) is 25.3 Å². The van der Waals surface area contributed by atoms with Gasteiger partial charge in [-0.25, -0.2) is 0 Å². The number of hydrogen-bond acceptors (Lipinski definition) is 3. The Hall–Kier alpha value is -2.14. The van der Waals surface area contributed by atoms with Crippen LogP contribution < -0.4 is 10.6 Å². The summed E-state index contributed by atoms with van der Waals surface area (Å²) in [7, 11) is 0. The molecule has 0 aliphatic heterocycles. The van der Waals surface area contributed by atoms with Gasteiger partial charge in [0.2, 0.25) is 5.91 Å². The molecule has 0 fully saturated rings. The average molecular weight is 302 g/mol. The van der Waals surface area contributed by atoms with E-state index in [-0.39, 0.29) is 30.4 Å². The zero-order valence-corrected chi connectivity index (χ0v) is 12.5. The Bertz CT molecular complexity index is 528. The minimum absolute atomic E-state index is 0.0172. The molecular formula is C17H22N2O3. The second kappa shape index (κ2) is 8.34. The molecule has 22 heavy (non-hydrogen) atoms. The van der Waals surface area contributed by atoms with Crippen molar-refractivity contribution in [2.75, 3.05) is 13.2 Å². The van der Waals surface area contributed by atoms with E-state index < -0.39 is 0 Å². The number of aliphatic hydroxyl groups excluding tert-OH is 1. The maximum atomic E-state index is 11.8. The molecule has 0 saturated heterocycles. The molecule has 2 atom stereocenters. The molecule has 0 radical (unpaired) electrons. The molecule has 1 aliphatic carbocycles. The van der Waals surface area contributed by atoms with Crippen LogP contribution in [0.4, 0.5) is 0 Å². The fraction of sp³-hybridized carbons (Fsp3) is 0.412. The molecule has 0 heterocycles. The molecule has 0 aromatic heterocycles. The van der Waals surface area contributed by atoms with Gasteiger partial charge in [0.05, 0.1) is 0 Å². The number of amides is 2. The number of carbonyl (C=O) groups excluding carboxylic acids is 2. The second-order valence-corrected chi connectivity index (χ2v) is 5.46. The summed E-state index contributed by atoms with van der Waals surface area (Å²) >= 11 is 0. The molecule has 1 aliphatic rings. The van der Waals surface area contributed by atoms with Gasteiger partial charge in [0.15, 0.2) is 0 Å². The van der Waals surface area contributed by atoms with E-state index in [1.165, 1.54) is 0 Å². The van der Waals surface area contributed by atoms with Crippen molar-refractivity contribution in [2.24, 2.45) is 5.92 Å². The lowest BCUT2D eigenvalue weighted by molar-refractivity contribution is -0.121. The van der Waals surface area contributed by atoms with Gasteiger partial charge in [0.25, 0.3) is 5.91 Å². The molecule has 5 nitrogen and oxygen atoms in total. The summed E-state index contributed by atoms with van der Waals surface area (Å²) in [5.74, 6) is 0.00295. The predicted molar refractivity (Wildman–Crippen MR) is 84.3 cm³/mol. The number of benzene rings is 1. The van der Waals surface area contributed by atoms with E-state index >= 15 is 0 Å². The Labute approximate surface area is 130 Å².